The van der Waals surface area contributed by atoms with Crippen molar-refractivity contribution in [1.82, 2.24) is 9.80 Å². The topological polar surface area (TPSA) is 49.9 Å². The number of hydrogen-bond acceptors (Lipinski definition) is 3. The summed E-state index contributed by atoms with van der Waals surface area (Å²) in [6, 6.07) is 5.08. The van der Waals surface area contributed by atoms with E-state index in [9.17, 15) is 9.59 Å². The summed E-state index contributed by atoms with van der Waals surface area (Å²) in [7, 11) is 3.18. The Balaban J connectivity index is 2.06. The van der Waals surface area contributed by atoms with Crippen molar-refractivity contribution in [3.05, 3.63) is 41.4 Å². The number of nitrogens with zero attached hydrogens (tertiary/aromatic N) is 2. The molecule has 0 saturated carbocycles. The van der Waals surface area contributed by atoms with Crippen LogP contribution in [0.1, 0.15) is 10.4 Å². The van der Waals surface area contributed by atoms with Crippen LogP contribution in [0.4, 0.5) is 0 Å². The fourth-order valence-electron chi connectivity index (χ4n) is 2.25. The number of hydrogen-bond donors (Lipinski definition) is 0. The minimum absolute atomic E-state index is 0.0182. The van der Waals surface area contributed by atoms with E-state index in [0.717, 1.165) is 0 Å². The van der Waals surface area contributed by atoms with Gasteiger partial charge < -0.3 is 14.5 Å². The van der Waals surface area contributed by atoms with Crippen LogP contribution in [0.3, 0.4) is 0 Å². The summed E-state index contributed by atoms with van der Waals surface area (Å²) in [5.41, 5.74) is 0.432. The number of rotatable bonds is 4. The third kappa shape index (κ3) is 2.88. The first-order chi connectivity index (χ1) is 9.99. The Labute approximate surface area is 128 Å². The van der Waals surface area contributed by atoms with Crippen molar-refractivity contribution in [3.63, 3.8) is 0 Å². The first-order valence-corrected chi connectivity index (χ1v) is 6.88. The lowest BCUT2D eigenvalue weighted by molar-refractivity contribution is -0.129. The van der Waals surface area contributed by atoms with Crippen LogP contribution in [0.25, 0.3) is 0 Å². The quantitative estimate of drug-likeness (QED) is 0.797. The van der Waals surface area contributed by atoms with Gasteiger partial charge in [-0.1, -0.05) is 24.2 Å². The first kappa shape index (κ1) is 15.4. The Hall–Kier alpha value is -2.01. The number of halogens is 1. The fourth-order valence-corrected chi connectivity index (χ4v) is 2.50. The highest BCUT2D eigenvalue weighted by atomic mass is 35.5. The van der Waals surface area contributed by atoms with Crippen LogP contribution in [0.5, 0.6) is 5.75 Å². The van der Waals surface area contributed by atoms with Gasteiger partial charge in [0.15, 0.2) is 0 Å². The minimum Gasteiger partial charge on any atom is -0.494 e. The smallest absolute Gasteiger partial charge is 0.257 e. The third-order valence-electron chi connectivity index (χ3n) is 3.62. The van der Waals surface area contributed by atoms with E-state index in [0.29, 0.717) is 29.4 Å². The Bertz CT molecular complexity index is 582. The number of ether oxygens (including phenoxy) is 1. The van der Waals surface area contributed by atoms with Crippen LogP contribution in [0.15, 0.2) is 30.9 Å². The molecule has 0 bridgehead atoms. The second-order valence-corrected chi connectivity index (χ2v) is 5.25. The summed E-state index contributed by atoms with van der Waals surface area (Å²) >= 11 is 6.02. The molecule has 0 aromatic heterocycles. The number of para-hydroxylation sites is 1. The highest BCUT2D eigenvalue weighted by Crippen LogP contribution is 2.30. The molecule has 0 atom stereocenters. The standard InChI is InChI=1S/C15H17ClN2O3/c1-4-13(19)17(2)10-8-18(9-10)15(20)11-6-5-7-12(16)14(11)21-3/h4-7,10H,1,8-9H2,2-3H3. The van der Waals surface area contributed by atoms with E-state index in [-0.39, 0.29) is 17.9 Å². The summed E-state index contributed by atoms with van der Waals surface area (Å²) < 4.78 is 5.19. The molecule has 21 heavy (non-hydrogen) atoms. The molecular formula is C15H17ClN2O3. The number of carbonyl (C=O) groups excluding carboxylic acids is 2. The molecule has 1 aliphatic rings. The Morgan fingerprint density at radius 2 is 2.14 bits per heavy atom. The molecule has 1 fully saturated rings. The Kier molecular flexibility index (Phi) is 4.53. The van der Waals surface area contributed by atoms with Crippen LogP contribution in [0.2, 0.25) is 5.02 Å². The van der Waals surface area contributed by atoms with Crippen molar-refractivity contribution < 1.29 is 14.3 Å². The zero-order chi connectivity index (χ0) is 15.6. The Morgan fingerprint density at radius 1 is 1.48 bits per heavy atom. The van der Waals surface area contributed by atoms with Gasteiger partial charge in [-0.15, -0.1) is 0 Å². The number of likely N-dealkylation sites (tertiary alicyclic amines) is 1. The van der Waals surface area contributed by atoms with E-state index in [1.54, 1.807) is 35.0 Å². The lowest BCUT2D eigenvalue weighted by Crippen LogP contribution is -2.61. The number of amides is 2. The molecule has 1 saturated heterocycles. The number of carbonyl (C=O) groups is 2. The number of benzene rings is 1. The maximum atomic E-state index is 12.4. The van der Waals surface area contributed by atoms with Crippen molar-refractivity contribution in [2.24, 2.45) is 0 Å². The van der Waals surface area contributed by atoms with Crippen molar-refractivity contribution in [2.45, 2.75) is 6.04 Å². The molecule has 1 aromatic rings. The Morgan fingerprint density at radius 3 is 2.71 bits per heavy atom. The van der Waals surface area contributed by atoms with Crippen LogP contribution in [0, 0.1) is 0 Å². The summed E-state index contributed by atoms with van der Waals surface area (Å²) in [5.74, 6) is 0.0839. The highest BCUT2D eigenvalue weighted by Gasteiger charge is 2.36. The van der Waals surface area contributed by atoms with Gasteiger partial charge in [-0.25, -0.2) is 0 Å². The molecule has 1 aromatic carbocycles. The molecular weight excluding hydrogens is 292 g/mol. The molecule has 0 radical (unpaired) electrons. The summed E-state index contributed by atoms with van der Waals surface area (Å²) in [5, 5.41) is 0.402. The first-order valence-electron chi connectivity index (χ1n) is 6.50. The molecule has 5 nitrogen and oxygen atoms in total. The molecule has 1 aliphatic heterocycles. The molecule has 2 amide bonds. The van der Waals surface area contributed by atoms with Crippen LogP contribution < -0.4 is 4.74 Å². The van der Waals surface area contributed by atoms with Crippen molar-refractivity contribution in [1.29, 1.82) is 0 Å². The average molecular weight is 309 g/mol. The summed E-state index contributed by atoms with van der Waals surface area (Å²) in [6.07, 6.45) is 1.27. The van der Waals surface area contributed by atoms with Crippen LogP contribution >= 0.6 is 11.6 Å². The maximum Gasteiger partial charge on any atom is 0.257 e. The van der Waals surface area contributed by atoms with E-state index in [2.05, 4.69) is 6.58 Å². The second kappa shape index (κ2) is 6.18. The van der Waals surface area contributed by atoms with E-state index in [1.165, 1.54) is 13.2 Å². The lowest BCUT2D eigenvalue weighted by atomic mass is 10.0. The van der Waals surface area contributed by atoms with Gasteiger partial charge in [-0.05, 0) is 18.2 Å². The van der Waals surface area contributed by atoms with Gasteiger partial charge in [0.1, 0.15) is 5.75 Å². The van der Waals surface area contributed by atoms with Gasteiger partial charge >= 0.3 is 0 Å². The molecule has 112 valence electrons. The highest BCUT2D eigenvalue weighted by molar-refractivity contribution is 6.32. The van der Waals surface area contributed by atoms with Crippen LogP contribution in [-0.2, 0) is 4.79 Å². The predicted octanol–water partition coefficient (Wildman–Crippen LogP) is 1.82. The van der Waals surface area contributed by atoms with E-state index in [1.807, 2.05) is 0 Å². The maximum absolute atomic E-state index is 12.4. The third-order valence-corrected chi connectivity index (χ3v) is 3.92. The molecule has 0 spiro atoms. The predicted molar refractivity (Wildman–Crippen MR) is 80.7 cm³/mol. The minimum atomic E-state index is -0.148. The largest absolute Gasteiger partial charge is 0.494 e. The zero-order valence-corrected chi connectivity index (χ0v) is 12.8. The van der Waals surface area contributed by atoms with E-state index >= 15 is 0 Å². The van der Waals surface area contributed by atoms with Gasteiger partial charge in [0.2, 0.25) is 5.91 Å². The molecule has 2 rings (SSSR count). The fraction of sp³-hybridized carbons (Fsp3) is 0.333. The number of likely N-dealkylation sites (N-methyl/N-ethyl adjacent to an activating group) is 1. The van der Waals surface area contributed by atoms with Gasteiger partial charge in [-0.2, -0.15) is 0 Å². The molecule has 1 heterocycles. The van der Waals surface area contributed by atoms with E-state index < -0.39 is 0 Å². The monoisotopic (exact) mass is 308 g/mol. The average Bonchev–Trinajstić information content (AvgIpc) is 2.44. The zero-order valence-electron chi connectivity index (χ0n) is 12.0. The molecule has 6 heteroatoms. The van der Waals surface area contributed by atoms with Gasteiger partial charge in [0, 0.05) is 20.1 Å². The van der Waals surface area contributed by atoms with E-state index in [4.69, 9.17) is 16.3 Å². The van der Waals surface area contributed by atoms with Crippen molar-refractivity contribution in [2.75, 3.05) is 27.2 Å². The van der Waals surface area contributed by atoms with Crippen molar-refractivity contribution >= 4 is 23.4 Å². The SMILES string of the molecule is C=CC(=O)N(C)C1CN(C(=O)c2cccc(Cl)c2OC)C1. The summed E-state index contributed by atoms with van der Waals surface area (Å²) in [4.78, 5) is 27.2. The van der Waals surface area contributed by atoms with Gasteiger partial charge in [0.25, 0.3) is 5.91 Å². The van der Waals surface area contributed by atoms with Gasteiger partial charge in [0.05, 0.1) is 23.7 Å². The van der Waals surface area contributed by atoms with Crippen LogP contribution in [-0.4, -0.2) is 54.9 Å². The molecule has 0 N–H and O–H groups in total. The van der Waals surface area contributed by atoms with Crippen molar-refractivity contribution in [3.8, 4) is 5.75 Å². The molecule has 0 aliphatic carbocycles. The van der Waals surface area contributed by atoms with Gasteiger partial charge in [-0.3, -0.25) is 9.59 Å². The second-order valence-electron chi connectivity index (χ2n) is 4.84. The lowest BCUT2D eigenvalue weighted by Gasteiger charge is -2.43. The normalized spacial score (nSPS) is 14.3. The number of methoxy groups -OCH3 is 1. The summed E-state index contributed by atoms with van der Waals surface area (Å²) in [6.45, 7) is 4.43. The molecule has 0 unspecified atom stereocenters.